The molecule has 0 fully saturated rings. The number of ether oxygens (including phenoxy) is 6. The van der Waals surface area contributed by atoms with Crippen LogP contribution in [0.15, 0.2) is 0 Å². The summed E-state index contributed by atoms with van der Waals surface area (Å²) in [6.45, 7) is 12.1. The molecule has 0 aromatic rings. The number of carbonyl (C=O) groups is 6. The number of unbranched alkanes of at least 4 members (excludes halogenated alkanes) is 9. The van der Waals surface area contributed by atoms with Gasteiger partial charge in [-0.25, -0.2) is 9.59 Å². The van der Waals surface area contributed by atoms with Gasteiger partial charge in [0, 0.05) is 32.4 Å². The third-order valence-electron chi connectivity index (χ3n) is 7.48. The number of amides is 3. The SMILES string of the molecule is CC(C)(C)OC(=O)CCCCCCCCCCCCC(=O)N[C@@H](CCC(=O)NCCOCCOCC(=O)NCCOCCOCC(=O)O)C(=O)OC(C)(C)C. The quantitative estimate of drug-likeness (QED) is 0.0537. The summed E-state index contributed by atoms with van der Waals surface area (Å²) in [5.41, 5.74) is -1.18. The van der Waals surface area contributed by atoms with Crippen molar-refractivity contribution in [3.05, 3.63) is 0 Å². The summed E-state index contributed by atoms with van der Waals surface area (Å²) in [5.74, 6) is -2.63. The van der Waals surface area contributed by atoms with Crippen LogP contribution < -0.4 is 16.0 Å². The lowest BCUT2D eigenvalue weighted by molar-refractivity contribution is -0.159. The third kappa shape index (κ3) is 37.4. The third-order valence-corrected chi connectivity index (χ3v) is 7.48. The molecule has 0 heterocycles. The van der Waals surface area contributed by atoms with Gasteiger partial charge >= 0.3 is 17.9 Å². The van der Waals surface area contributed by atoms with Gasteiger partial charge in [-0.15, -0.1) is 0 Å². The summed E-state index contributed by atoms with van der Waals surface area (Å²) >= 11 is 0. The topological polar surface area (TPSA) is 214 Å². The molecule has 1 atom stereocenters. The van der Waals surface area contributed by atoms with Gasteiger partial charge in [0.15, 0.2) is 0 Å². The Morgan fingerprint density at radius 3 is 1.47 bits per heavy atom. The van der Waals surface area contributed by atoms with Gasteiger partial charge in [-0.3, -0.25) is 19.2 Å². The van der Waals surface area contributed by atoms with Crippen molar-refractivity contribution >= 4 is 35.6 Å². The number of carboxylic acid groups (broad SMARTS) is 1. The standard InChI is InChI=1S/C39H71N3O13/c1-38(2,3)54-36(48)18-16-14-12-10-8-7-9-11-13-15-17-33(44)42-31(37(49)55-39(4,5)6)19-20-32(43)40-21-23-50-25-27-52-29-34(45)41-22-24-51-26-28-53-30-35(46)47/h31H,7-30H2,1-6H3,(H,40,43)(H,41,45)(H,42,44)(H,46,47)/t31-/m0/s1. The number of rotatable bonds is 34. The van der Waals surface area contributed by atoms with Gasteiger partial charge in [-0.1, -0.05) is 51.4 Å². The van der Waals surface area contributed by atoms with Gasteiger partial charge in [-0.05, 0) is 60.8 Å². The molecule has 0 rings (SSSR count). The van der Waals surface area contributed by atoms with Crippen molar-refractivity contribution in [2.75, 3.05) is 65.9 Å². The summed E-state index contributed by atoms with van der Waals surface area (Å²) in [4.78, 5) is 71.8. The van der Waals surface area contributed by atoms with Crippen LogP contribution in [0, 0.1) is 0 Å². The molecule has 320 valence electrons. The van der Waals surface area contributed by atoms with E-state index < -0.39 is 29.2 Å². The van der Waals surface area contributed by atoms with Crippen LogP contribution in [0.4, 0.5) is 0 Å². The largest absolute Gasteiger partial charge is 0.480 e. The van der Waals surface area contributed by atoms with Crippen molar-refractivity contribution in [2.45, 2.75) is 149 Å². The molecule has 0 aliphatic heterocycles. The van der Waals surface area contributed by atoms with Crippen molar-refractivity contribution in [1.82, 2.24) is 16.0 Å². The summed E-state index contributed by atoms with van der Waals surface area (Å²) in [6.07, 6.45) is 11.1. The van der Waals surface area contributed by atoms with E-state index in [1.165, 1.54) is 0 Å². The van der Waals surface area contributed by atoms with Crippen molar-refractivity contribution in [3.63, 3.8) is 0 Å². The summed E-state index contributed by atoms with van der Waals surface area (Å²) < 4.78 is 31.5. The number of carboxylic acids is 1. The molecule has 0 aromatic carbocycles. The highest BCUT2D eigenvalue weighted by Gasteiger charge is 2.27. The fraction of sp³-hybridized carbons (Fsp3) is 0.846. The summed E-state index contributed by atoms with van der Waals surface area (Å²) in [7, 11) is 0. The van der Waals surface area contributed by atoms with Crippen LogP contribution in [0.1, 0.15) is 131 Å². The van der Waals surface area contributed by atoms with Crippen molar-refractivity contribution in [3.8, 4) is 0 Å². The second-order valence-corrected chi connectivity index (χ2v) is 15.2. The van der Waals surface area contributed by atoms with Crippen molar-refractivity contribution in [1.29, 1.82) is 0 Å². The molecule has 16 heteroatoms. The zero-order chi connectivity index (χ0) is 41.4. The van der Waals surface area contributed by atoms with Crippen LogP contribution in [0.2, 0.25) is 0 Å². The van der Waals surface area contributed by atoms with Crippen LogP contribution >= 0.6 is 0 Å². The van der Waals surface area contributed by atoms with E-state index in [0.29, 0.717) is 19.3 Å². The molecule has 0 saturated carbocycles. The monoisotopic (exact) mass is 789 g/mol. The van der Waals surface area contributed by atoms with Crippen LogP contribution in [0.5, 0.6) is 0 Å². The molecule has 0 radical (unpaired) electrons. The zero-order valence-corrected chi connectivity index (χ0v) is 34.4. The maximum atomic E-state index is 12.8. The Kier molecular flexibility index (Phi) is 29.9. The van der Waals surface area contributed by atoms with Gasteiger partial charge in [0.05, 0.1) is 39.6 Å². The minimum Gasteiger partial charge on any atom is -0.480 e. The Bertz CT molecular complexity index is 1090. The Labute approximate surface area is 328 Å². The average Bonchev–Trinajstić information content (AvgIpc) is 3.07. The second kappa shape index (κ2) is 31.8. The number of hydrogen-bond donors (Lipinski definition) is 4. The predicted octanol–water partition coefficient (Wildman–Crippen LogP) is 4.00. The molecule has 55 heavy (non-hydrogen) atoms. The Morgan fingerprint density at radius 2 is 0.964 bits per heavy atom. The highest BCUT2D eigenvalue weighted by molar-refractivity contribution is 5.85. The minimum atomic E-state index is -1.05. The van der Waals surface area contributed by atoms with E-state index in [0.717, 1.165) is 57.8 Å². The van der Waals surface area contributed by atoms with Gasteiger partial charge < -0.3 is 49.5 Å². The molecule has 0 aliphatic carbocycles. The lowest BCUT2D eigenvalue weighted by atomic mass is 10.0. The Balaban J connectivity index is 4.07. The lowest BCUT2D eigenvalue weighted by Gasteiger charge is -2.24. The first-order valence-corrected chi connectivity index (χ1v) is 19.8. The average molecular weight is 790 g/mol. The first kappa shape index (κ1) is 51.7. The molecule has 3 amide bonds. The van der Waals surface area contributed by atoms with E-state index in [-0.39, 0.29) is 102 Å². The lowest BCUT2D eigenvalue weighted by Crippen LogP contribution is -2.44. The summed E-state index contributed by atoms with van der Waals surface area (Å²) in [5, 5.41) is 16.6. The highest BCUT2D eigenvalue weighted by Crippen LogP contribution is 2.15. The first-order valence-electron chi connectivity index (χ1n) is 19.8. The molecular formula is C39H71N3O13. The van der Waals surface area contributed by atoms with Crippen LogP contribution in [-0.4, -0.2) is 124 Å². The molecule has 0 spiro atoms. The van der Waals surface area contributed by atoms with Crippen LogP contribution in [0.3, 0.4) is 0 Å². The zero-order valence-electron chi connectivity index (χ0n) is 34.4. The first-order chi connectivity index (χ1) is 26.0. The number of hydrogen-bond acceptors (Lipinski definition) is 12. The molecule has 0 aliphatic rings. The summed E-state index contributed by atoms with van der Waals surface area (Å²) in [6, 6.07) is -0.940. The molecule has 0 aromatic heterocycles. The van der Waals surface area contributed by atoms with E-state index in [1.807, 2.05) is 20.8 Å². The van der Waals surface area contributed by atoms with E-state index in [1.54, 1.807) is 20.8 Å². The number of carbonyl (C=O) groups excluding carboxylic acids is 5. The maximum Gasteiger partial charge on any atom is 0.329 e. The molecule has 4 N–H and O–H groups in total. The second-order valence-electron chi connectivity index (χ2n) is 15.2. The number of esters is 2. The number of nitrogens with one attached hydrogen (secondary N) is 3. The fourth-order valence-electron chi connectivity index (χ4n) is 4.95. The normalized spacial score (nSPS) is 12.1. The molecule has 0 unspecified atom stereocenters. The van der Waals surface area contributed by atoms with Crippen molar-refractivity contribution < 1.29 is 62.3 Å². The fourth-order valence-corrected chi connectivity index (χ4v) is 4.95. The molecular weight excluding hydrogens is 718 g/mol. The van der Waals surface area contributed by atoms with Crippen molar-refractivity contribution in [2.24, 2.45) is 0 Å². The van der Waals surface area contributed by atoms with E-state index in [9.17, 15) is 28.8 Å². The van der Waals surface area contributed by atoms with E-state index >= 15 is 0 Å². The Morgan fingerprint density at radius 1 is 0.509 bits per heavy atom. The smallest absolute Gasteiger partial charge is 0.329 e. The van der Waals surface area contributed by atoms with Crippen LogP contribution in [0.25, 0.3) is 0 Å². The van der Waals surface area contributed by atoms with E-state index in [4.69, 9.17) is 33.5 Å². The number of aliphatic carboxylic acids is 1. The molecule has 16 nitrogen and oxygen atoms in total. The van der Waals surface area contributed by atoms with E-state index in [2.05, 4.69) is 16.0 Å². The molecule has 0 saturated heterocycles. The van der Waals surface area contributed by atoms with Gasteiger partial charge in [0.2, 0.25) is 17.7 Å². The Hall–Kier alpha value is -3.34. The highest BCUT2D eigenvalue weighted by atomic mass is 16.6. The van der Waals surface area contributed by atoms with Gasteiger partial charge in [0.25, 0.3) is 0 Å². The predicted molar refractivity (Wildman–Crippen MR) is 205 cm³/mol. The minimum absolute atomic E-state index is 0.00962. The maximum absolute atomic E-state index is 12.8. The van der Waals surface area contributed by atoms with Gasteiger partial charge in [0.1, 0.15) is 30.5 Å². The molecule has 0 bridgehead atoms. The van der Waals surface area contributed by atoms with Gasteiger partial charge in [-0.2, -0.15) is 0 Å². The van der Waals surface area contributed by atoms with Crippen LogP contribution in [-0.2, 0) is 57.2 Å².